The maximum absolute atomic E-state index is 11.6. The molecular formula is C13H19NO3. The van der Waals surface area contributed by atoms with Crippen molar-refractivity contribution in [2.24, 2.45) is 5.92 Å². The molecule has 0 atom stereocenters. The molecule has 4 nitrogen and oxygen atoms in total. The predicted molar refractivity (Wildman–Crippen MR) is 64.4 cm³/mol. The van der Waals surface area contributed by atoms with E-state index in [9.17, 15) is 9.59 Å². The highest BCUT2D eigenvalue weighted by molar-refractivity contribution is 5.94. The summed E-state index contributed by atoms with van der Waals surface area (Å²) in [6, 6.07) is 0. The number of carbonyl (C=O) groups is 2. The topological polar surface area (TPSA) is 46.6 Å². The quantitative estimate of drug-likeness (QED) is 0.556. The van der Waals surface area contributed by atoms with Gasteiger partial charge in [0.15, 0.2) is 0 Å². The zero-order chi connectivity index (χ0) is 13.1. The van der Waals surface area contributed by atoms with E-state index in [-0.39, 0.29) is 11.9 Å². The van der Waals surface area contributed by atoms with Gasteiger partial charge in [-0.05, 0) is 39.0 Å². The van der Waals surface area contributed by atoms with E-state index in [4.69, 9.17) is 11.2 Å². The van der Waals surface area contributed by atoms with E-state index in [1.807, 2.05) is 20.8 Å². The van der Waals surface area contributed by atoms with Gasteiger partial charge in [-0.15, -0.1) is 6.42 Å². The highest BCUT2D eigenvalue weighted by atomic mass is 16.6. The third-order valence-electron chi connectivity index (χ3n) is 2.55. The van der Waals surface area contributed by atoms with Gasteiger partial charge in [-0.3, -0.25) is 4.79 Å². The maximum Gasteiger partial charge on any atom is 0.410 e. The Morgan fingerprint density at radius 3 is 2.47 bits per heavy atom. The first kappa shape index (κ1) is 13.6. The van der Waals surface area contributed by atoms with E-state index < -0.39 is 5.60 Å². The van der Waals surface area contributed by atoms with Crippen molar-refractivity contribution in [3.63, 3.8) is 0 Å². The van der Waals surface area contributed by atoms with Crippen LogP contribution >= 0.6 is 0 Å². The van der Waals surface area contributed by atoms with Crippen LogP contribution in [0.4, 0.5) is 4.79 Å². The number of likely N-dealkylation sites (tertiary alicyclic amines) is 1. The van der Waals surface area contributed by atoms with Crippen LogP contribution in [0.2, 0.25) is 0 Å². The molecule has 1 fully saturated rings. The molecule has 1 aliphatic heterocycles. The minimum absolute atomic E-state index is 0.166. The molecule has 94 valence electrons. The Labute approximate surface area is 102 Å². The molecule has 4 heteroatoms. The fraction of sp³-hybridized carbons (Fsp3) is 0.692. The van der Waals surface area contributed by atoms with E-state index in [0.717, 1.165) is 6.42 Å². The predicted octanol–water partition coefficient (Wildman–Crippen LogP) is 1.84. The van der Waals surface area contributed by atoms with Crippen molar-refractivity contribution in [1.29, 1.82) is 0 Å². The van der Waals surface area contributed by atoms with Crippen LogP contribution in [-0.2, 0) is 9.53 Å². The summed E-state index contributed by atoms with van der Waals surface area (Å²) in [5, 5.41) is 0. The zero-order valence-electron chi connectivity index (χ0n) is 10.7. The summed E-state index contributed by atoms with van der Waals surface area (Å²) in [4.78, 5) is 24.2. The van der Waals surface area contributed by atoms with Crippen molar-refractivity contribution < 1.29 is 14.3 Å². The molecule has 1 saturated heterocycles. The third-order valence-corrected chi connectivity index (χ3v) is 2.55. The number of amides is 1. The van der Waals surface area contributed by atoms with E-state index in [1.54, 1.807) is 4.90 Å². The van der Waals surface area contributed by atoms with Crippen LogP contribution in [0, 0.1) is 18.3 Å². The van der Waals surface area contributed by atoms with Crippen molar-refractivity contribution >= 4 is 11.9 Å². The SMILES string of the molecule is C#CC(=O)CCC1CN(C(=O)OC(C)(C)C)C1. The lowest BCUT2D eigenvalue weighted by molar-refractivity contribution is -0.114. The van der Waals surface area contributed by atoms with Gasteiger partial charge in [0.05, 0.1) is 0 Å². The van der Waals surface area contributed by atoms with Crippen LogP contribution < -0.4 is 0 Å². The molecule has 1 heterocycles. The second kappa shape index (κ2) is 5.22. The fourth-order valence-electron chi connectivity index (χ4n) is 1.64. The Morgan fingerprint density at radius 2 is 2.00 bits per heavy atom. The minimum atomic E-state index is -0.457. The van der Waals surface area contributed by atoms with Gasteiger partial charge in [0.2, 0.25) is 5.78 Å². The van der Waals surface area contributed by atoms with Gasteiger partial charge < -0.3 is 9.64 Å². The van der Waals surface area contributed by atoms with Crippen molar-refractivity contribution in [1.82, 2.24) is 4.90 Å². The Balaban J connectivity index is 2.21. The molecule has 1 amide bonds. The molecule has 0 aliphatic carbocycles. The lowest BCUT2D eigenvalue weighted by Crippen LogP contribution is -2.51. The Kier molecular flexibility index (Phi) is 4.17. The normalized spacial score (nSPS) is 16.0. The number of ketones is 1. The highest BCUT2D eigenvalue weighted by Crippen LogP contribution is 2.23. The number of terminal acetylenes is 1. The Hall–Kier alpha value is -1.50. The smallest absolute Gasteiger partial charge is 0.410 e. The molecular weight excluding hydrogens is 218 g/mol. The van der Waals surface area contributed by atoms with Crippen LogP contribution in [0.3, 0.4) is 0 Å². The summed E-state index contributed by atoms with van der Waals surface area (Å²) in [6.45, 7) is 6.84. The van der Waals surface area contributed by atoms with Crippen molar-refractivity contribution in [3.8, 4) is 12.3 Å². The van der Waals surface area contributed by atoms with E-state index >= 15 is 0 Å². The summed E-state index contributed by atoms with van der Waals surface area (Å²) < 4.78 is 5.22. The van der Waals surface area contributed by atoms with Crippen molar-refractivity contribution in [3.05, 3.63) is 0 Å². The molecule has 0 spiro atoms. The molecule has 0 aromatic rings. The van der Waals surface area contributed by atoms with Crippen LogP contribution in [-0.4, -0.2) is 35.5 Å². The monoisotopic (exact) mass is 237 g/mol. The van der Waals surface area contributed by atoms with Crippen LogP contribution in [0.5, 0.6) is 0 Å². The van der Waals surface area contributed by atoms with Crippen molar-refractivity contribution in [2.75, 3.05) is 13.1 Å². The van der Waals surface area contributed by atoms with Crippen molar-refractivity contribution in [2.45, 2.75) is 39.2 Å². The number of nitrogens with zero attached hydrogens (tertiary/aromatic N) is 1. The molecule has 0 aromatic heterocycles. The van der Waals surface area contributed by atoms with Crippen LogP contribution in [0.25, 0.3) is 0 Å². The number of rotatable bonds is 3. The number of hydrogen-bond donors (Lipinski definition) is 0. The molecule has 0 radical (unpaired) electrons. The molecule has 1 aliphatic rings. The molecule has 17 heavy (non-hydrogen) atoms. The molecule has 0 aromatic carbocycles. The second-order valence-electron chi connectivity index (χ2n) is 5.36. The Bertz CT molecular complexity index is 343. The van der Waals surface area contributed by atoms with Gasteiger partial charge in [0.1, 0.15) is 5.60 Å². The average Bonchev–Trinajstić information content (AvgIpc) is 2.11. The number of carbonyl (C=O) groups excluding carboxylic acids is 2. The molecule has 0 unspecified atom stereocenters. The summed E-state index contributed by atoms with van der Waals surface area (Å²) in [6.07, 6.45) is 5.86. The number of Topliss-reactive ketones (excluding diaryl/α,β-unsaturated/α-hetero) is 1. The van der Waals surface area contributed by atoms with Crippen LogP contribution in [0.1, 0.15) is 33.6 Å². The largest absolute Gasteiger partial charge is 0.444 e. The molecule has 0 bridgehead atoms. The summed E-state index contributed by atoms with van der Waals surface area (Å²) in [5.41, 5.74) is -0.457. The van der Waals surface area contributed by atoms with Gasteiger partial charge in [-0.25, -0.2) is 4.79 Å². The van der Waals surface area contributed by atoms with Crippen LogP contribution in [0.15, 0.2) is 0 Å². The average molecular weight is 237 g/mol. The van der Waals surface area contributed by atoms with Gasteiger partial charge >= 0.3 is 6.09 Å². The van der Waals surface area contributed by atoms with E-state index in [1.165, 1.54) is 0 Å². The zero-order valence-corrected chi connectivity index (χ0v) is 10.7. The first-order valence-corrected chi connectivity index (χ1v) is 5.79. The van der Waals surface area contributed by atoms with Gasteiger partial charge in [-0.2, -0.15) is 0 Å². The molecule has 0 saturated carbocycles. The van der Waals surface area contributed by atoms with Gasteiger partial charge in [-0.1, -0.05) is 0 Å². The first-order chi connectivity index (χ1) is 7.81. The van der Waals surface area contributed by atoms with E-state index in [0.29, 0.717) is 25.4 Å². The lowest BCUT2D eigenvalue weighted by Gasteiger charge is -2.39. The lowest BCUT2D eigenvalue weighted by atomic mass is 9.94. The third kappa shape index (κ3) is 4.48. The Morgan fingerprint density at radius 1 is 1.41 bits per heavy atom. The van der Waals surface area contributed by atoms with Gasteiger partial charge in [0.25, 0.3) is 0 Å². The first-order valence-electron chi connectivity index (χ1n) is 5.79. The number of hydrogen-bond acceptors (Lipinski definition) is 3. The standard InChI is InChI=1S/C13H19NO3/c1-5-11(15)7-6-10-8-14(9-10)12(16)17-13(2,3)4/h1,10H,6-9H2,2-4H3. The summed E-state index contributed by atoms with van der Waals surface area (Å²) in [7, 11) is 0. The van der Waals surface area contributed by atoms with Gasteiger partial charge in [0, 0.05) is 19.5 Å². The number of ether oxygens (including phenoxy) is 1. The molecule has 0 N–H and O–H groups in total. The summed E-state index contributed by atoms with van der Waals surface area (Å²) >= 11 is 0. The van der Waals surface area contributed by atoms with E-state index in [2.05, 4.69) is 5.92 Å². The maximum atomic E-state index is 11.6. The minimum Gasteiger partial charge on any atom is -0.444 e. The summed E-state index contributed by atoms with van der Waals surface area (Å²) in [5.74, 6) is 2.30. The second-order valence-corrected chi connectivity index (χ2v) is 5.36. The fourth-order valence-corrected chi connectivity index (χ4v) is 1.64. The molecule has 1 rings (SSSR count). The highest BCUT2D eigenvalue weighted by Gasteiger charge is 2.33.